The molecule has 1 rings (SSSR count). The summed E-state index contributed by atoms with van der Waals surface area (Å²) in [6, 6.07) is 0. The van der Waals surface area contributed by atoms with Gasteiger partial charge in [-0.3, -0.25) is 0 Å². The number of unbranched alkanes of at least 4 members (excludes halogenated alkanes) is 5. The van der Waals surface area contributed by atoms with E-state index in [9.17, 15) is 0 Å². The lowest BCUT2D eigenvalue weighted by atomic mass is 10.1. The molecule has 1 nitrogen and oxygen atoms in total. The standard InChI is InChI=1S/C11H19Cl2NS/c1-2-3-4-5-6-7-8-14-9-10(12)11(13)15-14/h2-9H2,1H3. The third-order valence-corrected chi connectivity index (χ3v) is 4.43. The van der Waals surface area contributed by atoms with Gasteiger partial charge in [0.05, 0.1) is 5.03 Å². The first kappa shape index (κ1) is 13.7. The van der Waals surface area contributed by atoms with Gasteiger partial charge in [0.1, 0.15) is 4.36 Å². The highest BCUT2D eigenvalue weighted by Crippen LogP contribution is 2.37. The van der Waals surface area contributed by atoms with Crippen LogP contribution >= 0.6 is 35.1 Å². The molecule has 0 saturated carbocycles. The molecule has 1 aliphatic rings. The topological polar surface area (TPSA) is 3.24 Å². The third kappa shape index (κ3) is 5.48. The van der Waals surface area contributed by atoms with Crippen LogP contribution < -0.4 is 0 Å². The third-order valence-electron chi connectivity index (χ3n) is 2.50. The molecule has 0 aromatic carbocycles. The maximum atomic E-state index is 5.92. The zero-order valence-corrected chi connectivity index (χ0v) is 11.6. The lowest BCUT2D eigenvalue weighted by molar-refractivity contribution is 0.483. The molecule has 15 heavy (non-hydrogen) atoms. The van der Waals surface area contributed by atoms with Crippen molar-refractivity contribution in [2.45, 2.75) is 45.4 Å². The van der Waals surface area contributed by atoms with Crippen LogP contribution in [0.15, 0.2) is 9.40 Å². The van der Waals surface area contributed by atoms with Crippen molar-refractivity contribution in [2.75, 3.05) is 13.1 Å². The Hall–Kier alpha value is 0.630. The number of rotatable bonds is 7. The number of nitrogens with zero attached hydrogens (tertiary/aromatic N) is 1. The summed E-state index contributed by atoms with van der Waals surface area (Å²) in [6.45, 7) is 4.17. The van der Waals surface area contributed by atoms with Crippen molar-refractivity contribution in [3.05, 3.63) is 9.40 Å². The van der Waals surface area contributed by atoms with Crippen molar-refractivity contribution in [2.24, 2.45) is 0 Å². The Morgan fingerprint density at radius 3 is 2.40 bits per heavy atom. The minimum absolute atomic E-state index is 0.752. The summed E-state index contributed by atoms with van der Waals surface area (Å²) < 4.78 is 2.99. The molecule has 0 bridgehead atoms. The smallest absolute Gasteiger partial charge is 0.105 e. The van der Waals surface area contributed by atoms with Crippen LogP contribution in [0.3, 0.4) is 0 Å². The lowest BCUT2D eigenvalue weighted by Gasteiger charge is -2.12. The molecule has 4 heteroatoms. The summed E-state index contributed by atoms with van der Waals surface area (Å²) >= 11 is 13.4. The van der Waals surface area contributed by atoms with Crippen LogP contribution in [0.2, 0.25) is 0 Å². The molecule has 0 atom stereocenters. The molecule has 0 spiro atoms. The van der Waals surface area contributed by atoms with Crippen LogP contribution in [-0.4, -0.2) is 17.4 Å². The minimum Gasteiger partial charge on any atom is -0.240 e. The average Bonchev–Trinajstić information content (AvgIpc) is 2.52. The molecule has 0 radical (unpaired) electrons. The van der Waals surface area contributed by atoms with Gasteiger partial charge in [-0.15, -0.1) is 0 Å². The quantitative estimate of drug-likeness (QED) is 0.474. The Morgan fingerprint density at radius 1 is 1.13 bits per heavy atom. The molecule has 0 fully saturated rings. The Morgan fingerprint density at radius 2 is 1.80 bits per heavy atom. The number of halogens is 2. The molecule has 1 aliphatic heterocycles. The lowest BCUT2D eigenvalue weighted by Crippen LogP contribution is -2.14. The van der Waals surface area contributed by atoms with Crippen molar-refractivity contribution in [1.82, 2.24) is 4.31 Å². The highest BCUT2D eigenvalue weighted by atomic mass is 35.5. The second kappa shape index (κ2) is 7.83. The molecule has 0 N–H and O–H groups in total. The van der Waals surface area contributed by atoms with Crippen LogP contribution in [-0.2, 0) is 0 Å². The van der Waals surface area contributed by atoms with Gasteiger partial charge in [-0.25, -0.2) is 4.31 Å². The summed E-state index contributed by atoms with van der Waals surface area (Å²) in [6.07, 6.45) is 8.01. The monoisotopic (exact) mass is 267 g/mol. The van der Waals surface area contributed by atoms with E-state index < -0.39 is 0 Å². The largest absolute Gasteiger partial charge is 0.240 e. The van der Waals surface area contributed by atoms with Crippen LogP contribution in [0, 0.1) is 0 Å². The van der Waals surface area contributed by atoms with Crippen molar-refractivity contribution in [1.29, 1.82) is 0 Å². The van der Waals surface area contributed by atoms with Gasteiger partial charge in [0.25, 0.3) is 0 Å². The predicted molar refractivity (Wildman–Crippen MR) is 71.3 cm³/mol. The van der Waals surface area contributed by atoms with E-state index in [2.05, 4.69) is 11.2 Å². The van der Waals surface area contributed by atoms with Crippen molar-refractivity contribution < 1.29 is 0 Å². The van der Waals surface area contributed by atoms with Crippen molar-refractivity contribution in [3.63, 3.8) is 0 Å². The Kier molecular flexibility index (Phi) is 7.15. The molecule has 0 unspecified atom stereocenters. The fourth-order valence-electron chi connectivity index (χ4n) is 1.61. The maximum absolute atomic E-state index is 5.92. The maximum Gasteiger partial charge on any atom is 0.105 e. The SMILES string of the molecule is CCCCCCCCN1CC(Cl)=C(Cl)S1. The van der Waals surface area contributed by atoms with E-state index in [-0.39, 0.29) is 0 Å². The normalized spacial score (nSPS) is 17.8. The van der Waals surface area contributed by atoms with Gasteiger partial charge < -0.3 is 0 Å². The summed E-state index contributed by atoms with van der Waals surface area (Å²) in [5.41, 5.74) is 0. The van der Waals surface area contributed by atoms with Gasteiger partial charge in [0.15, 0.2) is 0 Å². The fraction of sp³-hybridized carbons (Fsp3) is 0.818. The Bertz CT molecular complexity index is 205. The highest BCUT2D eigenvalue weighted by molar-refractivity contribution is 8.02. The van der Waals surface area contributed by atoms with Gasteiger partial charge in [-0.05, 0) is 18.4 Å². The first-order chi connectivity index (χ1) is 7.24. The van der Waals surface area contributed by atoms with Gasteiger partial charge in [0.2, 0.25) is 0 Å². The van der Waals surface area contributed by atoms with Crippen molar-refractivity contribution >= 4 is 35.1 Å². The second-order valence-corrected chi connectivity index (χ2v) is 6.07. The zero-order chi connectivity index (χ0) is 11.1. The minimum atomic E-state index is 0.752. The highest BCUT2D eigenvalue weighted by Gasteiger charge is 2.19. The van der Waals surface area contributed by atoms with E-state index in [1.165, 1.54) is 38.5 Å². The van der Waals surface area contributed by atoms with E-state index >= 15 is 0 Å². The van der Waals surface area contributed by atoms with Crippen LogP contribution in [0.25, 0.3) is 0 Å². The Balaban J connectivity index is 1.94. The van der Waals surface area contributed by atoms with E-state index in [1.54, 1.807) is 11.9 Å². The summed E-state index contributed by atoms with van der Waals surface area (Å²) in [4.78, 5) is 0. The first-order valence-corrected chi connectivity index (χ1v) is 7.24. The molecular weight excluding hydrogens is 249 g/mol. The fourth-order valence-corrected chi connectivity index (χ4v) is 3.08. The first-order valence-electron chi connectivity index (χ1n) is 5.71. The van der Waals surface area contributed by atoms with Gasteiger partial charge in [-0.2, -0.15) is 0 Å². The molecule has 1 heterocycles. The zero-order valence-electron chi connectivity index (χ0n) is 9.27. The average molecular weight is 268 g/mol. The van der Waals surface area contributed by atoms with Gasteiger partial charge in [0, 0.05) is 13.1 Å². The second-order valence-electron chi connectivity index (χ2n) is 3.90. The molecular formula is C11H19Cl2NS. The predicted octanol–water partition coefficient (Wildman–Crippen LogP) is 4.96. The van der Waals surface area contributed by atoms with E-state index in [1.807, 2.05) is 0 Å². The summed E-state index contributed by atoms with van der Waals surface area (Å²) in [7, 11) is 0. The van der Waals surface area contributed by atoms with E-state index in [0.717, 1.165) is 22.5 Å². The van der Waals surface area contributed by atoms with Gasteiger partial charge in [-0.1, -0.05) is 62.2 Å². The van der Waals surface area contributed by atoms with Gasteiger partial charge >= 0.3 is 0 Å². The van der Waals surface area contributed by atoms with Crippen molar-refractivity contribution in [3.8, 4) is 0 Å². The molecule has 0 aromatic rings. The van der Waals surface area contributed by atoms with Crippen LogP contribution in [0.5, 0.6) is 0 Å². The van der Waals surface area contributed by atoms with Crippen LogP contribution in [0.4, 0.5) is 0 Å². The summed E-state index contributed by atoms with van der Waals surface area (Å²) in [5, 5.41) is 0.799. The number of hydrogen-bond acceptors (Lipinski definition) is 2. The van der Waals surface area contributed by atoms with Crippen LogP contribution in [0.1, 0.15) is 45.4 Å². The molecule has 88 valence electrons. The van der Waals surface area contributed by atoms with E-state index in [0.29, 0.717) is 0 Å². The molecule has 0 aromatic heterocycles. The Labute approximate surface area is 107 Å². The van der Waals surface area contributed by atoms with E-state index in [4.69, 9.17) is 23.2 Å². The molecule has 0 saturated heterocycles. The molecule has 0 amide bonds. The number of hydrogen-bond donors (Lipinski definition) is 0. The molecule has 0 aliphatic carbocycles. The summed E-state index contributed by atoms with van der Waals surface area (Å²) in [5.74, 6) is 0.